The molecule has 0 aromatic rings. The standard InChI is InChI=1S/C16H26N4O2S3/c21-15(19-17-13-1-7-23-8-2-13)5-11-25-12-6-16(22)20-18-14-3-9-24-10-4-14/h1-12H2,(H,19,21)(H,20,22). The first-order valence-electron chi connectivity index (χ1n) is 8.66. The summed E-state index contributed by atoms with van der Waals surface area (Å²) in [5.41, 5.74) is 7.46. The molecule has 0 atom stereocenters. The van der Waals surface area contributed by atoms with Crippen molar-refractivity contribution in [3.05, 3.63) is 0 Å². The molecule has 25 heavy (non-hydrogen) atoms. The summed E-state index contributed by atoms with van der Waals surface area (Å²) in [4.78, 5) is 23.4. The number of carbonyl (C=O) groups excluding carboxylic acids is 2. The van der Waals surface area contributed by atoms with Gasteiger partial charge in [0.15, 0.2) is 0 Å². The molecular formula is C16H26N4O2S3. The van der Waals surface area contributed by atoms with Gasteiger partial charge in [-0.15, -0.1) is 0 Å². The van der Waals surface area contributed by atoms with Gasteiger partial charge in [-0.3, -0.25) is 9.59 Å². The molecule has 2 aliphatic rings. The van der Waals surface area contributed by atoms with Crippen LogP contribution in [0.4, 0.5) is 0 Å². The minimum absolute atomic E-state index is 0.0516. The van der Waals surface area contributed by atoms with E-state index in [1.807, 2.05) is 23.5 Å². The Labute approximate surface area is 162 Å². The summed E-state index contributed by atoms with van der Waals surface area (Å²) in [6, 6.07) is 0. The number of rotatable bonds is 8. The molecule has 2 saturated heterocycles. The van der Waals surface area contributed by atoms with Crippen molar-refractivity contribution < 1.29 is 9.59 Å². The molecule has 9 heteroatoms. The Morgan fingerprint density at radius 3 is 1.60 bits per heavy atom. The van der Waals surface area contributed by atoms with E-state index >= 15 is 0 Å². The summed E-state index contributed by atoms with van der Waals surface area (Å²) >= 11 is 5.46. The maximum atomic E-state index is 11.7. The van der Waals surface area contributed by atoms with Crippen LogP contribution in [0.15, 0.2) is 10.2 Å². The molecule has 6 nitrogen and oxygen atoms in total. The van der Waals surface area contributed by atoms with Gasteiger partial charge in [-0.2, -0.15) is 45.5 Å². The van der Waals surface area contributed by atoms with E-state index in [0.29, 0.717) is 24.3 Å². The van der Waals surface area contributed by atoms with Gasteiger partial charge >= 0.3 is 0 Å². The van der Waals surface area contributed by atoms with Crippen molar-refractivity contribution in [2.75, 3.05) is 34.5 Å². The lowest BCUT2D eigenvalue weighted by Crippen LogP contribution is -2.22. The van der Waals surface area contributed by atoms with E-state index in [9.17, 15) is 9.59 Å². The van der Waals surface area contributed by atoms with E-state index in [0.717, 1.165) is 60.1 Å². The van der Waals surface area contributed by atoms with E-state index < -0.39 is 0 Å². The number of carbonyl (C=O) groups is 2. The van der Waals surface area contributed by atoms with Crippen LogP contribution in [-0.2, 0) is 9.59 Å². The second-order valence-electron chi connectivity index (χ2n) is 5.76. The quantitative estimate of drug-likeness (QED) is 0.481. The highest BCUT2D eigenvalue weighted by Gasteiger charge is 2.09. The van der Waals surface area contributed by atoms with Crippen LogP contribution >= 0.6 is 35.3 Å². The average Bonchev–Trinajstić information content (AvgIpc) is 2.66. The largest absolute Gasteiger partial charge is 0.273 e. The summed E-state index contributed by atoms with van der Waals surface area (Å²) in [6.07, 6.45) is 4.74. The van der Waals surface area contributed by atoms with E-state index in [2.05, 4.69) is 21.1 Å². The molecule has 140 valence electrons. The normalized spacial score (nSPS) is 17.8. The van der Waals surface area contributed by atoms with Crippen LogP contribution in [0.5, 0.6) is 0 Å². The Balaban J connectivity index is 1.48. The van der Waals surface area contributed by atoms with Crippen LogP contribution in [0.3, 0.4) is 0 Å². The molecule has 2 amide bonds. The van der Waals surface area contributed by atoms with Crippen LogP contribution in [-0.4, -0.2) is 57.8 Å². The predicted molar refractivity (Wildman–Crippen MR) is 111 cm³/mol. The second kappa shape index (κ2) is 12.6. The Morgan fingerprint density at radius 2 is 1.20 bits per heavy atom. The number of thioether (sulfide) groups is 3. The van der Waals surface area contributed by atoms with Crippen LogP contribution < -0.4 is 10.9 Å². The van der Waals surface area contributed by atoms with Crippen LogP contribution in [0, 0.1) is 0 Å². The highest BCUT2D eigenvalue weighted by Crippen LogP contribution is 2.15. The van der Waals surface area contributed by atoms with Gasteiger partial charge in [0, 0.05) is 35.8 Å². The van der Waals surface area contributed by atoms with Gasteiger partial charge in [-0.05, 0) is 48.7 Å². The zero-order valence-electron chi connectivity index (χ0n) is 14.4. The van der Waals surface area contributed by atoms with Crippen molar-refractivity contribution in [1.82, 2.24) is 10.9 Å². The summed E-state index contributed by atoms with van der Waals surface area (Å²) < 4.78 is 0. The maximum Gasteiger partial charge on any atom is 0.240 e. The lowest BCUT2D eigenvalue weighted by molar-refractivity contribution is -0.121. The summed E-state index contributed by atoms with van der Waals surface area (Å²) in [5.74, 6) is 5.67. The Hall–Kier alpha value is -0.670. The van der Waals surface area contributed by atoms with Gasteiger partial charge in [0.05, 0.1) is 0 Å². The number of amides is 2. The Bertz CT molecular complexity index is 452. The number of nitrogens with zero attached hydrogens (tertiary/aromatic N) is 2. The molecule has 0 spiro atoms. The Kier molecular flexibility index (Phi) is 10.4. The van der Waals surface area contributed by atoms with Gasteiger partial charge in [0.2, 0.25) is 11.8 Å². The molecule has 0 bridgehead atoms. The average molecular weight is 403 g/mol. The van der Waals surface area contributed by atoms with Crippen LogP contribution in [0.2, 0.25) is 0 Å². The van der Waals surface area contributed by atoms with Crippen molar-refractivity contribution in [3.63, 3.8) is 0 Å². The van der Waals surface area contributed by atoms with Crippen molar-refractivity contribution >= 4 is 58.5 Å². The summed E-state index contributed by atoms with van der Waals surface area (Å²) in [5, 5.41) is 8.39. The number of hydrogen-bond acceptors (Lipinski definition) is 7. The van der Waals surface area contributed by atoms with Crippen molar-refractivity contribution in [3.8, 4) is 0 Å². The minimum atomic E-state index is -0.0516. The topological polar surface area (TPSA) is 82.9 Å². The molecule has 0 saturated carbocycles. The SMILES string of the molecule is O=C(CCSCCC(=O)NN=C1CCSCC1)NN=C1CCSCC1. The van der Waals surface area contributed by atoms with Gasteiger partial charge in [0.1, 0.15) is 0 Å². The van der Waals surface area contributed by atoms with E-state index in [-0.39, 0.29) is 11.8 Å². The minimum Gasteiger partial charge on any atom is -0.273 e. The second-order valence-corrected chi connectivity index (χ2v) is 9.44. The first kappa shape index (κ1) is 20.6. The molecule has 2 N–H and O–H groups in total. The fourth-order valence-electron chi connectivity index (χ4n) is 2.26. The molecule has 2 heterocycles. The fraction of sp³-hybridized carbons (Fsp3) is 0.750. The molecule has 2 fully saturated rings. The highest BCUT2D eigenvalue weighted by molar-refractivity contribution is 7.99. The monoisotopic (exact) mass is 402 g/mol. The van der Waals surface area contributed by atoms with E-state index in [1.165, 1.54) is 0 Å². The number of hydrazone groups is 2. The van der Waals surface area contributed by atoms with Gasteiger partial charge < -0.3 is 0 Å². The first-order chi connectivity index (χ1) is 12.2. The highest BCUT2D eigenvalue weighted by atomic mass is 32.2. The molecule has 0 aromatic heterocycles. The molecule has 2 aliphatic heterocycles. The van der Waals surface area contributed by atoms with Gasteiger partial charge in [-0.1, -0.05) is 0 Å². The predicted octanol–water partition coefficient (Wildman–Crippen LogP) is 2.50. The maximum absolute atomic E-state index is 11.7. The molecule has 0 aromatic carbocycles. The molecule has 2 rings (SSSR count). The zero-order valence-corrected chi connectivity index (χ0v) is 16.9. The van der Waals surface area contributed by atoms with Crippen molar-refractivity contribution in [1.29, 1.82) is 0 Å². The van der Waals surface area contributed by atoms with Gasteiger partial charge in [-0.25, -0.2) is 10.9 Å². The molecular weight excluding hydrogens is 376 g/mol. The lowest BCUT2D eigenvalue weighted by Gasteiger charge is -2.12. The summed E-state index contributed by atoms with van der Waals surface area (Å²) in [6.45, 7) is 0. The fourth-order valence-corrected chi connectivity index (χ4v) is 5.06. The van der Waals surface area contributed by atoms with Crippen molar-refractivity contribution in [2.24, 2.45) is 10.2 Å². The first-order valence-corrected chi connectivity index (χ1v) is 12.1. The number of nitrogens with one attached hydrogen (secondary N) is 2. The third-order valence-corrected chi connectivity index (χ3v) is 6.72. The van der Waals surface area contributed by atoms with Crippen LogP contribution in [0.25, 0.3) is 0 Å². The van der Waals surface area contributed by atoms with Gasteiger partial charge in [0.25, 0.3) is 0 Å². The third kappa shape index (κ3) is 9.55. The third-order valence-electron chi connectivity index (χ3n) is 3.76. The smallest absolute Gasteiger partial charge is 0.240 e. The van der Waals surface area contributed by atoms with E-state index in [4.69, 9.17) is 0 Å². The number of hydrogen-bond donors (Lipinski definition) is 2. The summed E-state index contributed by atoms with van der Waals surface area (Å²) in [7, 11) is 0. The van der Waals surface area contributed by atoms with Crippen LogP contribution in [0.1, 0.15) is 38.5 Å². The molecule has 0 aliphatic carbocycles. The van der Waals surface area contributed by atoms with Crippen molar-refractivity contribution in [2.45, 2.75) is 38.5 Å². The van der Waals surface area contributed by atoms with E-state index in [1.54, 1.807) is 11.8 Å². The Morgan fingerprint density at radius 1 is 0.800 bits per heavy atom. The zero-order chi connectivity index (χ0) is 17.7. The molecule has 0 radical (unpaired) electrons. The lowest BCUT2D eigenvalue weighted by atomic mass is 10.2. The molecule has 0 unspecified atom stereocenters.